The van der Waals surface area contributed by atoms with Gasteiger partial charge in [0.15, 0.2) is 0 Å². The van der Waals surface area contributed by atoms with Crippen molar-refractivity contribution in [3.63, 3.8) is 0 Å². The minimum atomic E-state index is -0.0760. The zero-order valence-electron chi connectivity index (χ0n) is 10.3. The quantitative estimate of drug-likeness (QED) is 0.610. The van der Waals surface area contributed by atoms with Gasteiger partial charge in [-0.05, 0) is 26.0 Å². The number of anilines is 1. The summed E-state index contributed by atoms with van der Waals surface area (Å²) in [5, 5.41) is 0. The lowest BCUT2D eigenvalue weighted by molar-refractivity contribution is 0.681. The standard InChI is InChI=1S/C12H15N5O/c1-8-6-12(18)17(9(2)14-8)7-10-4-3-5-11(15-10)16-13/h3-6H,7,13H2,1-2H3,(H,15,16). The van der Waals surface area contributed by atoms with Crippen LogP contribution in [0.3, 0.4) is 0 Å². The highest BCUT2D eigenvalue weighted by Crippen LogP contribution is 2.05. The van der Waals surface area contributed by atoms with Gasteiger partial charge in [0.2, 0.25) is 0 Å². The Morgan fingerprint density at radius 2 is 2.11 bits per heavy atom. The maximum atomic E-state index is 11.9. The summed E-state index contributed by atoms with van der Waals surface area (Å²) in [5.41, 5.74) is 3.87. The third-order valence-corrected chi connectivity index (χ3v) is 2.60. The van der Waals surface area contributed by atoms with E-state index < -0.39 is 0 Å². The van der Waals surface area contributed by atoms with Crippen molar-refractivity contribution in [1.29, 1.82) is 0 Å². The molecule has 0 atom stereocenters. The lowest BCUT2D eigenvalue weighted by Gasteiger charge is -2.09. The van der Waals surface area contributed by atoms with E-state index in [0.717, 1.165) is 11.4 Å². The molecule has 6 heteroatoms. The number of hydrazine groups is 1. The van der Waals surface area contributed by atoms with Crippen LogP contribution < -0.4 is 16.8 Å². The van der Waals surface area contributed by atoms with Gasteiger partial charge in [-0.1, -0.05) is 6.07 Å². The molecule has 18 heavy (non-hydrogen) atoms. The summed E-state index contributed by atoms with van der Waals surface area (Å²) in [7, 11) is 0. The van der Waals surface area contributed by atoms with Gasteiger partial charge in [0.05, 0.1) is 12.2 Å². The zero-order chi connectivity index (χ0) is 13.1. The number of aryl methyl sites for hydroxylation is 2. The molecule has 2 aromatic rings. The topological polar surface area (TPSA) is 85.8 Å². The lowest BCUT2D eigenvalue weighted by Crippen LogP contribution is -2.24. The lowest BCUT2D eigenvalue weighted by atomic mass is 10.3. The fourth-order valence-electron chi connectivity index (χ4n) is 1.77. The number of pyridine rings is 1. The Labute approximate surface area is 104 Å². The van der Waals surface area contributed by atoms with Crippen LogP contribution in [0.25, 0.3) is 0 Å². The predicted octanol–water partition coefficient (Wildman–Crippen LogP) is 0.589. The molecule has 0 aliphatic heterocycles. The molecule has 94 valence electrons. The Hall–Kier alpha value is -2.21. The van der Waals surface area contributed by atoms with E-state index in [2.05, 4.69) is 15.4 Å². The van der Waals surface area contributed by atoms with Crippen molar-refractivity contribution in [2.24, 2.45) is 5.84 Å². The van der Waals surface area contributed by atoms with Gasteiger partial charge in [0, 0.05) is 11.8 Å². The third-order valence-electron chi connectivity index (χ3n) is 2.60. The molecule has 0 radical (unpaired) electrons. The summed E-state index contributed by atoms with van der Waals surface area (Å²) in [6.07, 6.45) is 0. The van der Waals surface area contributed by atoms with Gasteiger partial charge in [-0.2, -0.15) is 0 Å². The number of hydrogen-bond acceptors (Lipinski definition) is 5. The molecular weight excluding hydrogens is 230 g/mol. The molecule has 0 fully saturated rings. The van der Waals surface area contributed by atoms with Crippen LogP contribution in [-0.4, -0.2) is 14.5 Å². The van der Waals surface area contributed by atoms with Crippen LogP contribution in [0.5, 0.6) is 0 Å². The van der Waals surface area contributed by atoms with Crippen molar-refractivity contribution in [2.75, 3.05) is 5.43 Å². The highest BCUT2D eigenvalue weighted by Gasteiger charge is 2.05. The molecule has 0 aromatic carbocycles. The smallest absolute Gasteiger partial charge is 0.254 e. The Kier molecular flexibility index (Phi) is 3.38. The Bertz CT molecular complexity index is 620. The molecule has 0 saturated carbocycles. The van der Waals surface area contributed by atoms with Crippen molar-refractivity contribution in [3.05, 3.63) is 51.8 Å². The van der Waals surface area contributed by atoms with Crippen LogP contribution in [0.15, 0.2) is 29.1 Å². The summed E-state index contributed by atoms with van der Waals surface area (Å²) < 4.78 is 1.58. The van der Waals surface area contributed by atoms with E-state index in [0.29, 0.717) is 18.2 Å². The van der Waals surface area contributed by atoms with Crippen molar-refractivity contribution in [2.45, 2.75) is 20.4 Å². The van der Waals surface area contributed by atoms with E-state index in [1.165, 1.54) is 6.07 Å². The van der Waals surface area contributed by atoms with Crippen molar-refractivity contribution < 1.29 is 0 Å². The first-order valence-corrected chi connectivity index (χ1v) is 5.58. The number of nitrogens with two attached hydrogens (primary N) is 1. The maximum absolute atomic E-state index is 11.9. The first-order valence-electron chi connectivity index (χ1n) is 5.58. The van der Waals surface area contributed by atoms with Gasteiger partial charge in [-0.15, -0.1) is 0 Å². The fourth-order valence-corrected chi connectivity index (χ4v) is 1.77. The minimum Gasteiger partial charge on any atom is -0.308 e. The number of nitrogens with zero attached hydrogens (tertiary/aromatic N) is 3. The average Bonchev–Trinajstić information content (AvgIpc) is 2.34. The van der Waals surface area contributed by atoms with E-state index in [4.69, 9.17) is 5.84 Å². The van der Waals surface area contributed by atoms with Crippen LogP contribution in [-0.2, 0) is 6.54 Å². The molecule has 0 bridgehead atoms. The molecule has 2 heterocycles. The van der Waals surface area contributed by atoms with Crippen LogP contribution in [0.4, 0.5) is 5.82 Å². The number of rotatable bonds is 3. The molecular formula is C12H15N5O. The SMILES string of the molecule is Cc1cc(=O)n(Cc2cccc(NN)n2)c(C)n1. The summed E-state index contributed by atoms with van der Waals surface area (Å²) in [6, 6.07) is 6.94. The van der Waals surface area contributed by atoms with E-state index in [9.17, 15) is 4.79 Å². The monoisotopic (exact) mass is 245 g/mol. The summed E-state index contributed by atoms with van der Waals surface area (Å²) in [6.45, 7) is 3.99. The summed E-state index contributed by atoms with van der Waals surface area (Å²) in [5.74, 6) is 6.54. The molecule has 2 aromatic heterocycles. The van der Waals surface area contributed by atoms with E-state index in [1.807, 2.05) is 12.1 Å². The zero-order valence-corrected chi connectivity index (χ0v) is 10.3. The number of nitrogens with one attached hydrogen (secondary N) is 1. The first kappa shape index (κ1) is 12.3. The van der Waals surface area contributed by atoms with Crippen LogP contribution in [0, 0.1) is 13.8 Å². The normalized spacial score (nSPS) is 10.4. The van der Waals surface area contributed by atoms with Gasteiger partial charge >= 0.3 is 0 Å². The average molecular weight is 245 g/mol. The van der Waals surface area contributed by atoms with Gasteiger partial charge in [-0.25, -0.2) is 15.8 Å². The van der Waals surface area contributed by atoms with Crippen molar-refractivity contribution in [3.8, 4) is 0 Å². The van der Waals surface area contributed by atoms with Crippen LogP contribution in [0.2, 0.25) is 0 Å². The predicted molar refractivity (Wildman–Crippen MR) is 69.1 cm³/mol. The molecule has 0 aliphatic rings. The van der Waals surface area contributed by atoms with E-state index in [-0.39, 0.29) is 5.56 Å². The second kappa shape index (κ2) is 4.97. The number of aromatic nitrogens is 3. The highest BCUT2D eigenvalue weighted by molar-refractivity contribution is 5.33. The molecule has 2 rings (SSSR count). The second-order valence-corrected chi connectivity index (χ2v) is 4.03. The molecule has 6 nitrogen and oxygen atoms in total. The van der Waals surface area contributed by atoms with Crippen molar-refractivity contribution in [1.82, 2.24) is 14.5 Å². The van der Waals surface area contributed by atoms with E-state index >= 15 is 0 Å². The minimum absolute atomic E-state index is 0.0760. The Balaban J connectivity index is 2.37. The van der Waals surface area contributed by atoms with Crippen molar-refractivity contribution >= 4 is 5.82 Å². The maximum Gasteiger partial charge on any atom is 0.254 e. The fraction of sp³-hybridized carbons (Fsp3) is 0.250. The van der Waals surface area contributed by atoms with Gasteiger partial charge in [0.1, 0.15) is 11.6 Å². The van der Waals surface area contributed by atoms with Crippen LogP contribution >= 0.6 is 0 Å². The van der Waals surface area contributed by atoms with Crippen LogP contribution in [0.1, 0.15) is 17.2 Å². The molecule has 3 N–H and O–H groups in total. The highest BCUT2D eigenvalue weighted by atomic mass is 16.1. The summed E-state index contributed by atoms with van der Waals surface area (Å²) in [4.78, 5) is 20.4. The molecule has 0 saturated heterocycles. The Morgan fingerprint density at radius 1 is 1.33 bits per heavy atom. The third kappa shape index (κ3) is 2.54. The first-order chi connectivity index (χ1) is 8.60. The molecule has 0 spiro atoms. The second-order valence-electron chi connectivity index (χ2n) is 4.03. The molecule has 0 unspecified atom stereocenters. The Morgan fingerprint density at radius 3 is 2.78 bits per heavy atom. The van der Waals surface area contributed by atoms with E-state index in [1.54, 1.807) is 24.5 Å². The molecule has 0 aliphatic carbocycles. The largest absolute Gasteiger partial charge is 0.308 e. The van der Waals surface area contributed by atoms with Gasteiger partial charge in [-0.3, -0.25) is 9.36 Å². The summed E-state index contributed by atoms with van der Waals surface area (Å²) >= 11 is 0. The van der Waals surface area contributed by atoms with Gasteiger partial charge < -0.3 is 5.43 Å². The number of hydrogen-bond donors (Lipinski definition) is 2. The molecule has 0 amide bonds. The number of nitrogen functional groups attached to an aromatic ring is 1. The van der Waals surface area contributed by atoms with Gasteiger partial charge in [0.25, 0.3) is 5.56 Å².